The van der Waals surface area contributed by atoms with Crippen LogP contribution in [0.5, 0.6) is 0 Å². The van der Waals surface area contributed by atoms with Crippen molar-refractivity contribution in [3.05, 3.63) is 57.9 Å². The van der Waals surface area contributed by atoms with E-state index < -0.39 is 23.3 Å². The van der Waals surface area contributed by atoms with Crippen LogP contribution < -0.4 is 15.8 Å². The fraction of sp³-hybridized carbons (Fsp3) is 0.629. The van der Waals surface area contributed by atoms with Gasteiger partial charge in [-0.2, -0.15) is 0 Å². The lowest BCUT2D eigenvalue weighted by Crippen LogP contribution is -2.50. The lowest BCUT2D eigenvalue weighted by Gasteiger charge is -2.38. The number of hydrogen-bond donors (Lipinski definition) is 1. The van der Waals surface area contributed by atoms with Gasteiger partial charge in [0.05, 0.1) is 17.0 Å². The van der Waals surface area contributed by atoms with Crippen molar-refractivity contribution in [2.75, 3.05) is 56.0 Å². The van der Waals surface area contributed by atoms with E-state index in [4.69, 9.17) is 0 Å². The molecule has 2 fully saturated rings. The first-order chi connectivity index (χ1) is 22.1. The molecule has 250 valence electrons. The molecule has 1 N–H and O–H groups in total. The van der Waals surface area contributed by atoms with Gasteiger partial charge in [-0.3, -0.25) is 14.3 Å². The van der Waals surface area contributed by atoms with Crippen molar-refractivity contribution in [2.45, 2.75) is 90.3 Å². The number of hydrogen-bond acceptors (Lipinski definition) is 7. The largest absolute Gasteiger partial charge is 0.364 e. The molecule has 6 heterocycles. The van der Waals surface area contributed by atoms with Crippen LogP contribution in [0.25, 0.3) is 11.0 Å². The second-order valence-corrected chi connectivity index (χ2v) is 13.7. The molecule has 4 aliphatic rings. The van der Waals surface area contributed by atoms with Gasteiger partial charge >= 0.3 is 0 Å². The van der Waals surface area contributed by atoms with Crippen LogP contribution >= 0.6 is 0 Å². The standard InChI is InChI=1S/C35H48F3N7O/c1-24(2)43-18-20-44(21-19-43)30-22-28-32-39-23-40-33(28)45(34(30)46)15-6-4-5-14-42-16-11-26(12-17-42)10-13-35(37,38)29-9-7-8-27(31(29)36)25(3)41-32/h7-9,22-26H,4-6,10-21H2,1-3H3,(H,39,40,41)/t25-/m1/s1. The summed E-state index contributed by atoms with van der Waals surface area (Å²) in [7, 11) is 0. The first-order valence-electron chi connectivity index (χ1n) is 17.2. The first-order valence-corrected chi connectivity index (χ1v) is 17.2. The SMILES string of the molecule is CC(C)N1CCN(c2cc3c4ncnc3n(c2=O)CCCCCN2CCC(CC2)CCC(F)(F)c2cccc(c2F)[C@@H](C)N4)CC1. The number of benzene rings is 1. The fourth-order valence-corrected chi connectivity index (χ4v) is 7.45. The van der Waals surface area contributed by atoms with Crippen molar-refractivity contribution in [2.24, 2.45) is 5.92 Å². The van der Waals surface area contributed by atoms with Crippen LogP contribution in [0.2, 0.25) is 0 Å². The smallest absolute Gasteiger partial charge is 0.276 e. The minimum Gasteiger partial charge on any atom is -0.364 e. The van der Waals surface area contributed by atoms with Crippen molar-refractivity contribution in [1.29, 1.82) is 0 Å². The highest BCUT2D eigenvalue weighted by atomic mass is 19.3. The van der Waals surface area contributed by atoms with Crippen molar-refractivity contribution in [3.63, 3.8) is 0 Å². The van der Waals surface area contributed by atoms with Crippen molar-refractivity contribution >= 4 is 22.5 Å². The summed E-state index contributed by atoms with van der Waals surface area (Å²) in [6.07, 6.45) is 6.04. The highest BCUT2D eigenvalue weighted by molar-refractivity contribution is 5.89. The van der Waals surface area contributed by atoms with E-state index in [-0.39, 0.29) is 23.5 Å². The molecule has 1 aromatic carbocycles. The van der Waals surface area contributed by atoms with Gasteiger partial charge in [0.1, 0.15) is 29.3 Å². The molecular weight excluding hydrogens is 591 g/mol. The Labute approximate surface area is 270 Å². The number of fused-ring (bicyclic) bond motifs is 9. The van der Waals surface area contributed by atoms with Crippen molar-refractivity contribution in [1.82, 2.24) is 24.3 Å². The molecule has 8 bridgehead atoms. The van der Waals surface area contributed by atoms with Crippen LogP contribution in [-0.2, 0) is 12.5 Å². The van der Waals surface area contributed by atoms with Crippen molar-refractivity contribution in [3.8, 4) is 0 Å². The Bertz CT molecular complexity index is 1560. The van der Waals surface area contributed by atoms with E-state index in [0.717, 1.165) is 77.9 Å². The molecule has 8 nitrogen and oxygen atoms in total. The number of aryl methyl sites for hydroxylation is 1. The second kappa shape index (κ2) is 13.9. The molecule has 0 unspecified atom stereocenters. The molecule has 2 saturated heterocycles. The van der Waals surface area contributed by atoms with Crippen LogP contribution in [0.1, 0.15) is 82.9 Å². The highest BCUT2D eigenvalue weighted by Gasteiger charge is 2.37. The van der Waals surface area contributed by atoms with E-state index in [2.05, 4.69) is 43.8 Å². The minimum absolute atomic E-state index is 0.0652. The number of anilines is 2. The lowest BCUT2D eigenvalue weighted by molar-refractivity contribution is -0.0249. The number of nitrogens with one attached hydrogen (secondary N) is 1. The van der Waals surface area contributed by atoms with Gasteiger partial charge in [-0.1, -0.05) is 24.6 Å². The molecule has 11 heteroatoms. The van der Waals surface area contributed by atoms with E-state index in [1.807, 2.05) is 6.07 Å². The number of nitrogens with zero attached hydrogens (tertiary/aromatic N) is 6. The van der Waals surface area contributed by atoms with Gasteiger partial charge in [0.25, 0.3) is 11.5 Å². The Morgan fingerprint density at radius 3 is 2.41 bits per heavy atom. The maximum atomic E-state index is 15.9. The van der Waals surface area contributed by atoms with Gasteiger partial charge in [0, 0.05) is 50.7 Å². The van der Waals surface area contributed by atoms with E-state index >= 15 is 13.2 Å². The maximum absolute atomic E-state index is 15.9. The quantitative estimate of drug-likeness (QED) is 0.348. The topological polar surface area (TPSA) is 69.5 Å². The Kier molecular flexibility index (Phi) is 9.89. The normalized spacial score (nSPS) is 25.0. The molecule has 7 rings (SSSR count). The number of aromatic nitrogens is 3. The summed E-state index contributed by atoms with van der Waals surface area (Å²) >= 11 is 0. The number of piperidine rings is 1. The molecule has 46 heavy (non-hydrogen) atoms. The highest BCUT2D eigenvalue weighted by Crippen LogP contribution is 2.39. The Balaban J connectivity index is 1.39. The first kappa shape index (κ1) is 32.7. The summed E-state index contributed by atoms with van der Waals surface area (Å²) in [6, 6.07) is 5.91. The van der Waals surface area contributed by atoms with E-state index in [1.165, 1.54) is 18.5 Å². The molecule has 2 aromatic heterocycles. The molecule has 0 saturated carbocycles. The van der Waals surface area contributed by atoms with Crippen LogP contribution in [0.3, 0.4) is 0 Å². The molecule has 4 aliphatic heterocycles. The molecular formula is C35H48F3N7O. The average molecular weight is 640 g/mol. The van der Waals surface area contributed by atoms with E-state index in [0.29, 0.717) is 41.5 Å². The van der Waals surface area contributed by atoms with E-state index in [1.54, 1.807) is 17.6 Å². The number of alkyl halides is 2. The third-order valence-corrected chi connectivity index (χ3v) is 10.4. The number of halogens is 3. The Morgan fingerprint density at radius 2 is 1.67 bits per heavy atom. The summed E-state index contributed by atoms with van der Waals surface area (Å²) in [5.41, 5.74) is 0.667. The number of rotatable bonds is 2. The molecule has 3 aromatic rings. The van der Waals surface area contributed by atoms with Gasteiger partial charge in [0.2, 0.25) is 0 Å². The van der Waals surface area contributed by atoms with Crippen LogP contribution in [0.15, 0.2) is 35.4 Å². The molecule has 0 amide bonds. The van der Waals surface area contributed by atoms with Gasteiger partial charge in [-0.05, 0) is 84.5 Å². The summed E-state index contributed by atoms with van der Waals surface area (Å²) < 4.78 is 48.8. The fourth-order valence-electron chi connectivity index (χ4n) is 7.45. The predicted octanol–water partition coefficient (Wildman–Crippen LogP) is 6.40. The minimum atomic E-state index is -3.26. The third kappa shape index (κ3) is 6.90. The zero-order valence-electron chi connectivity index (χ0n) is 27.5. The zero-order valence-corrected chi connectivity index (χ0v) is 27.5. The van der Waals surface area contributed by atoms with Crippen molar-refractivity contribution < 1.29 is 13.2 Å². The molecule has 1 atom stereocenters. The third-order valence-electron chi connectivity index (χ3n) is 10.4. The number of piperazine rings is 1. The van der Waals surface area contributed by atoms with Crippen LogP contribution in [0.4, 0.5) is 24.7 Å². The summed E-state index contributed by atoms with van der Waals surface area (Å²) in [6.45, 7) is 12.6. The molecule has 0 aliphatic carbocycles. The average Bonchev–Trinajstić information content (AvgIpc) is 3.04. The van der Waals surface area contributed by atoms with Crippen LogP contribution in [0, 0.1) is 11.7 Å². The number of pyridine rings is 1. The Hall–Kier alpha value is -3.18. The van der Waals surface area contributed by atoms with Crippen LogP contribution in [-0.4, -0.2) is 76.2 Å². The lowest BCUT2D eigenvalue weighted by atomic mass is 9.88. The molecule has 0 spiro atoms. The zero-order chi connectivity index (χ0) is 32.4. The monoisotopic (exact) mass is 639 g/mol. The Morgan fingerprint density at radius 1 is 0.935 bits per heavy atom. The summed E-state index contributed by atoms with van der Waals surface area (Å²) in [5, 5.41) is 3.95. The summed E-state index contributed by atoms with van der Waals surface area (Å²) in [5.74, 6) is -3.48. The van der Waals surface area contributed by atoms with E-state index in [9.17, 15) is 4.79 Å². The van der Waals surface area contributed by atoms with Gasteiger partial charge < -0.3 is 15.1 Å². The van der Waals surface area contributed by atoms with Gasteiger partial charge in [0.15, 0.2) is 0 Å². The maximum Gasteiger partial charge on any atom is 0.276 e. The van der Waals surface area contributed by atoms with Gasteiger partial charge in [-0.15, -0.1) is 0 Å². The summed E-state index contributed by atoms with van der Waals surface area (Å²) in [4.78, 5) is 30.1. The molecule has 0 radical (unpaired) electrons. The second-order valence-electron chi connectivity index (χ2n) is 13.7. The predicted molar refractivity (Wildman–Crippen MR) is 177 cm³/mol. The van der Waals surface area contributed by atoms with Gasteiger partial charge in [-0.25, -0.2) is 23.1 Å².